The Morgan fingerprint density at radius 2 is 2.00 bits per heavy atom. The summed E-state index contributed by atoms with van der Waals surface area (Å²) in [5, 5.41) is 13.8. The van der Waals surface area contributed by atoms with Crippen LogP contribution in [-0.2, 0) is 6.54 Å². The van der Waals surface area contributed by atoms with Gasteiger partial charge in [-0.15, -0.1) is 6.42 Å². The van der Waals surface area contributed by atoms with Crippen LogP contribution in [0, 0.1) is 12.3 Å². The molecule has 1 fully saturated rings. The Morgan fingerprint density at radius 1 is 1.25 bits per heavy atom. The molecule has 0 aromatic heterocycles. The standard InChI is InChI=1S/C17H23NO2/c1-2-12-20-16-9-5-4-8-15(16)13-18-14-17(19)10-6-3-7-11-17/h1,4-5,8-9,18-19H,3,6-7,10-14H2. The first kappa shape index (κ1) is 14.9. The van der Waals surface area contributed by atoms with E-state index in [1.54, 1.807) is 0 Å². The van der Waals surface area contributed by atoms with Crippen LogP contribution in [0.1, 0.15) is 37.7 Å². The van der Waals surface area contributed by atoms with E-state index in [0.29, 0.717) is 13.1 Å². The number of nitrogens with one attached hydrogen (secondary N) is 1. The van der Waals surface area contributed by atoms with E-state index >= 15 is 0 Å². The van der Waals surface area contributed by atoms with Crippen molar-refractivity contribution in [3.63, 3.8) is 0 Å². The monoisotopic (exact) mass is 273 g/mol. The summed E-state index contributed by atoms with van der Waals surface area (Å²) >= 11 is 0. The molecule has 0 aliphatic heterocycles. The van der Waals surface area contributed by atoms with Gasteiger partial charge in [0.25, 0.3) is 0 Å². The molecule has 0 heterocycles. The first-order valence-corrected chi connectivity index (χ1v) is 7.31. The van der Waals surface area contributed by atoms with Crippen LogP contribution in [0.2, 0.25) is 0 Å². The van der Waals surface area contributed by atoms with Gasteiger partial charge in [0.1, 0.15) is 12.4 Å². The van der Waals surface area contributed by atoms with Crippen molar-refractivity contribution in [1.82, 2.24) is 5.32 Å². The van der Waals surface area contributed by atoms with Gasteiger partial charge in [-0.1, -0.05) is 43.4 Å². The van der Waals surface area contributed by atoms with E-state index in [1.807, 2.05) is 24.3 Å². The molecule has 3 heteroatoms. The van der Waals surface area contributed by atoms with Gasteiger partial charge >= 0.3 is 0 Å². The van der Waals surface area contributed by atoms with Crippen LogP contribution in [0.25, 0.3) is 0 Å². The molecule has 1 saturated carbocycles. The lowest BCUT2D eigenvalue weighted by molar-refractivity contribution is 0.00463. The van der Waals surface area contributed by atoms with Crippen molar-refractivity contribution in [3.05, 3.63) is 29.8 Å². The lowest BCUT2D eigenvalue weighted by atomic mass is 9.85. The zero-order chi connectivity index (χ0) is 14.3. The van der Waals surface area contributed by atoms with Gasteiger partial charge < -0.3 is 15.2 Å². The fourth-order valence-electron chi connectivity index (χ4n) is 2.73. The number of rotatable bonds is 6. The maximum atomic E-state index is 10.4. The molecule has 0 unspecified atom stereocenters. The smallest absolute Gasteiger partial charge is 0.148 e. The Morgan fingerprint density at radius 3 is 2.75 bits per heavy atom. The van der Waals surface area contributed by atoms with E-state index in [2.05, 4.69) is 11.2 Å². The highest BCUT2D eigenvalue weighted by molar-refractivity contribution is 5.33. The van der Waals surface area contributed by atoms with Crippen LogP contribution in [0.5, 0.6) is 5.75 Å². The van der Waals surface area contributed by atoms with Gasteiger partial charge in [-0.25, -0.2) is 0 Å². The average Bonchev–Trinajstić information content (AvgIpc) is 2.47. The SMILES string of the molecule is C#CCOc1ccccc1CNCC1(O)CCCCC1. The summed E-state index contributed by atoms with van der Waals surface area (Å²) in [6.45, 7) is 1.60. The quantitative estimate of drug-likeness (QED) is 0.782. The van der Waals surface area contributed by atoms with E-state index in [0.717, 1.165) is 37.0 Å². The molecular formula is C17H23NO2. The molecule has 3 nitrogen and oxygen atoms in total. The Hall–Kier alpha value is -1.50. The fourth-order valence-corrected chi connectivity index (χ4v) is 2.73. The number of hydrogen-bond donors (Lipinski definition) is 2. The van der Waals surface area contributed by atoms with Gasteiger partial charge in [0.15, 0.2) is 0 Å². The lowest BCUT2D eigenvalue weighted by Crippen LogP contribution is -2.41. The number of hydrogen-bond acceptors (Lipinski definition) is 3. The minimum atomic E-state index is -0.535. The summed E-state index contributed by atoms with van der Waals surface area (Å²) in [6, 6.07) is 7.85. The molecule has 2 N–H and O–H groups in total. The van der Waals surface area contributed by atoms with E-state index in [1.165, 1.54) is 6.42 Å². The highest BCUT2D eigenvalue weighted by Gasteiger charge is 2.28. The minimum absolute atomic E-state index is 0.279. The fraction of sp³-hybridized carbons (Fsp3) is 0.529. The zero-order valence-corrected chi connectivity index (χ0v) is 11.9. The predicted octanol–water partition coefficient (Wildman–Crippen LogP) is 2.48. The van der Waals surface area contributed by atoms with E-state index < -0.39 is 5.60 Å². The van der Waals surface area contributed by atoms with Gasteiger partial charge in [0.05, 0.1) is 5.60 Å². The summed E-state index contributed by atoms with van der Waals surface area (Å²) in [5.74, 6) is 3.29. The van der Waals surface area contributed by atoms with Crippen molar-refractivity contribution in [1.29, 1.82) is 0 Å². The van der Waals surface area contributed by atoms with Gasteiger partial charge in [0, 0.05) is 18.7 Å². The lowest BCUT2D eigenvalue weighted by Gasteiger charge is -2.32. The molecule has 108 valence electrons. The van der Waals surface area contributed by atoms with Gasteiger partial charge in [-0.3, -0.25) is 0 Å². The van der Waals surface area contributed by atoms with Crippen LogP contribution >= 0.6 is 0 Å². The Labute approximate surface area is 121 Å². The van der Waals surface area contributed by atoms with E-state index in [-0.39, 0.29) is 6.61 Å². The molecule has 0 saturated heterocycles. The van der Waals surface area contributed by atoms with Crippen molar-refractivity contribution in [3.8, 4) is 18.1 Å². The second-order valence-corrected chi connectivity index (χ2v) is 5.49. The molecule has 0 amide bonds. The van der Waals surface area contributed by atoms with Crippen LogP contribution in [0.15, 0.2) is 24.3 Å². The molecule has 20 heavy (non-hydrogen) atoms. The van der Waals surface area contributed by atoms with Crippen molar-refractivity contribution < 1.29 is 9.84 Å². The number of ether oxygens (including phenoxy) is 1. The molecule has 2 rings (SSSR count). The van der Waals surface area contributed by atoms with Gasteiger partial charge in [-0.05, 0) is 18.9 Å². The molecular weight excluding hydrogens is 250 g/mol. The number of para-hydroxylation sites is 1. The normalized spacial score (nSPS) is 17.4. The molecule has 1 aliphatic rings. The van der Waals surface area contributed by atoms with Crippen molar-refractivity contribution in [2.24, 2.45) is 0 Å². The van der Waals surface area contributed by atoms with E-state index in [4.69, 9.17) is 11.2 Å². The molecule has 0 radical (unpaired) electrons. The first-order chi connectivity index (χ1) is 9.73. The van der Waals surface area contributed by atoms with Crippen LogP contribution in [0.3, 0.4) is 0 Å². The third-order valence-electron chi connectivity index (χ3n) is 3.84. The largest absolute Gasteiger partial charge is 0.481 e. The molecule has 0 bridgehead atoms. The maximum absolute atomic E-state index is 10.4. The number of terminal acetylenes is 1. The predicted molar refractivity (Wildman–Crippen MR) is 80.5 cm³/mol. The second-order valence-electron chi connectivity index (χ2n) is 5.49. The summed E-state index contributed by atoms with van der Waals surface area (Å²) < 4.78 is 5.52. The van der Waals surface area contributed by atoms with Gasteiger partial charge in [-0.2, -0.15) is 0 Å². The summed E-state index contributed by atoms with van der Waals surface area (Å²) in [4.78, 5) is 0. The third kappa shape index (κ3) is 4.26. The summed E-state index contributed by atoms with van der Waals surface area (Å²) in [7, 11) is 0. The Kier molecular flexibility index (Phi) is 5.46. The molecule has 1 aromatic carbocycles. The third-order valence-corrected chi connectivity index (χ3v) is 3.84. The average molecular weight is 273 g/mol. The molecule has 1 aromatic rings. The van der Waals surface area contributed by atoms with Gasteiger partial charge in [0.2, 0.25) is 0 Å². The summed E-state index contributed by atoms with van der Waals surface area (Å²) in [6.07, 6.45) is 10.5. The topological polar surface area (TPSA) is 41.5 Å². The number of benzene rings is 1. The molecule has 0 spiro atoms. The van der Waals surface area contributed by atoms with Crippen molar-refractivity contribution >= 4 is 0 Å². The maximum Gasteiger partial charge on any atom is 0.148 e. The second kappa shape index (κ2) is 7.33. The minimum Gasteiger partial charge on any atom is -0.481 e. The zero-order valence-electron chi connectivity index (χ0n) is 11.9. The highest BCUT2D eigenvalue weighted by atomic mass is 16.5. The Balaban J connectivity index is 1.86. The summed E-state index contributed by atoms with van der Waals surface area (Å²) in [5.41, 5.74) is 0.537. The number of aliphatic hydroxyl groups is 1. The van der Waals surface area contributed by atoms with E-state index in [9.17, 15) is 5.11 Å². The van der Waals surface area contributed by atoms with Crippen molar-refractivity contribution in [2.45, 2.75) is 44.2 Å². The van der Waals surface area contributed by atoms with Crippen LogP contribution in [-0.4, -0.2) is 23.9 Å². The highest BCUT2D eigenvalue weighted by Crippen LogP contribution is 2.27. The first-order valence-electron chi connectivity index (χ1n) is 7.31. The van der Waals surface area contributed by atoms with Crippen molar-refractivity contribution in [2.75, 3.05) is 13.2 Å². The molecule has 0 atom stereocenters. The molecule has 1 aliphatic carbocycles. The Bertz CT molecular complexity index is 458. The van der Waals surface area contributed by atoms with Crippen LogP contribution in [0.4, 0.5) is 0 Å². The van der Waals surface area contributed by atoms with Crippen LogP contribution < -0.4 is 10.1 Å².